The van der Waals surface area contributed by atoms with Crippen LogP contribution in [0.1, 0.15) is 11.1 Å². The fourth-order valence-corrected chi connectivity index (χ4v) is 4.22. The van der Waals surface area contributed by atoms with Gasteiger partial charge in [-0.2, -0.15) is 0 Å². The first kappa shape index (κ1) is 11.2. The molecule has 0 atom stereocenters. The molecule has 0 amide bonds. The molecule has 0 unspecified atom stereocenters. The van der Waals surface area contributed by atoms with Crippen molar-refractivity contribution in [2.45, 2.75) is 19.5 Å². The molecule has 0 aliphatic rings. The highest BCUT2D eigenvalue weighted by molar-refractivity contribution is 6.71. The van der Waals surface area contributed by atoms with Gasteiger partial charge in [0.25, 0.3) is 0 Å². The van der Waals surface area contributed by atoms with Crippen molar-refractivity contribution >= 4 is 14.0 Å². The smallest absolute Gasteiger partial charge is 0.0666 e. The van der Waals surface area contributed by atoms with E-state index in [4.69, 9.17) is 0 Å². The number of aryl methyl sites for hydroxylation is 1. The third kappa shape index (κ3) is 2.61. The van der Waals surface area contributed by atoms with Gasteiger partial charge in [0, 0.05) is 0 Å². The zero-order valence-corrected chi connectivity index (χ0v) is 10.9. The van der Waals surface area contributed by atoms with Gasteiger partial charge < -0.3 is 0 Å². The van der Waals surface area contributed by atoms with E-state index in [0.717, 1.165) is 0 Å². The molecule has 1 radical (unpaired) electrons. The topological polar surface area (TPSA) is 0 Å². The molecule has 16 heavy (non-hydrogen) atoms. The third-order valence-corrected chi connectivity index (χ3v) is 5.34. The van der Waals surface area contributed by atoms with E-state index in [0.29, 0.717) is 0 Å². The summed E-state index contributed by atoms with van der Waals surface area (Å²) in [4.78, 5) is 0. The standard InChI is InChI=1S/C15H17Si/c1-13-8-6-7-11-15(13)16(2)12-14-9-4-3-5-10-14/h3-11H,12H2,1-2H3. The first-order chi connectivity index (χ1) is 7.77. The van der Waals surface area contributed by atoms with E-state index in [-0.39, 0.29) is 0 Å². The summed E-state index contributed by atoms with van der Waals surface area (Å²) >= 11 is 0. The van der Waals surface area contributed by atoms with E-state index >= 15 is 0 Å². The number of hydrogen-bond donors (Lipinski definition) is 0. The number of benzene rings is 2. The van der Waals surface area contributed by atoms with Gasteiger partial charge in [-0.15, -0.1) is 0 Å². The molecule has 2 rings (SSSR count). The minimum atomic E-state index is -0.450. The molecule has 2 aromatic carbocycles. The van der Waals surface area contributed by atoms with Gasteiger partial charge in [-0.1, -0.05) is 77.5 Å². The Morgan fingerprint density at radius 1 is 0.875 bits per heavy atom. The van der Waals surface area contributed by atoms with E-state index < -0.39 is 8.80 Å². The van der Waals surface area contributed by atoms with Crippen LogP contribution in [0.15, 0.2) is 54.6 Å². The van der Waals surface area contributed by atoms with Crippen LogP contribution >= 0.6 is 0 Å². The second kappa shape index (κ2) is 5.13. The lowest BCUT2D eigenvalue weighted by Crippen LogP contribution is -2.31. The molecular formula is C15H17Si. The summed E-state index contributed by atoms with van der Waals surface area (Å²) < 4.78 is 0. The van der Waals surface area contributed by atoms with Crippen molar-refractivity contribution in [3.05, 3.63) is 65.7 Å². The Kier molecular flexibility index (Phi) is 3.57. The molecule has 81 valence electrons. The Labute approximate surface area is 99.6 Å². The molecule has 0 heterocycles. The molecule has 0 bridgehead atoms. The molecule has 2 aromatic rings. The highest BCUT2D eigenvalue weighted by Crippen LogP contribution is 2.04. The Morgan fingerprint density at radius 3 is 2.19 bits per heavy atom. The quantitative estimate of drug-likeness (QED) is 0.704. The van der Waals surface area contributed by atoms with Crippen LogP contribution in [0.2, 0.25) is 6.55 Å². The van der Waals surface area contributed by atoms with Crippen LogP contribution in [0.25, 0.3) is 0 Å². The van der Waals surface area contributed by atoms with Crippen LogP contribution in [-0.2, 0) is 6.04 Å². The van der Waals surface area contributed by atoms with Crippen molar-refractivity contribution in [1.82, 2.24) is 0 Å². The Balaban J connectivity index is 2.15. The first-order valence-electron chi connectivity index (χ1n) is 5.70. The van der Waals surface area contributed by atoms with E-state index in [9.17, 15) is 0 Å². The van der Waals surface area contributed by atoms with Crippen molar-refractivity contribution < 1.29 is 0 Å². The van der Waals surface area contributed by atoms with Gasteiger partial charge in [-0.25, -0.2) is 0 Å². The SMILES string of the molecule is Cc1ccccc1[Si](C)Cc1ccccc1. The van der Waals surface area contributed by atoms with Crippen LogP contribution in [0, 0.1) is 6.92 Å². The largest absolute Gasteiger partial charge is 0.0872 e. The molecule has 0 aliphatic heterocycles. The zero-order chi connectivity index (χ0) is 11.4. The fraction of sp³-hybridized carbons (Fsp3) is 0.200. The normalized spacial score (nSPS) is 10.7. The summed E-state index contributed by atoms with van der Waals surface area (Å²) in [5, 5.41) is 1.57. The predicted molar refractivity (Wildman–Crippen MR) is 72.6 cm³/mol. The van der Waals surface area contributed by atoms with Gasteiger partial charge in [0.1, 0.15) is 0 Å². The fourth-order valence-electron chi connectivity index (χ4n) is 2.05. The highest BCUT2D eigenvalue weighted by Gasteiger charge is 2.10. The average molecular weight is 225 g/mol. The van der Waals surface area contributed by atoms with E-state index in [1.165, 1.54) is 17.2 Å². The maximum atomic E-state index is 2.40. The van der Waals surface area contributed by atoms with Crippen LogP contribution in [0.5, 0.6) is 0 Å². The molecule has 0 fully saturated rings. The van der Waals surface area contributed by atoms with Crippen molar-refractivity contribution in [2.75, 3.05) is 0 Å². The van der Waals surface area contributed by atoms with E-state index in [1.54, 1.807) is 5.19 Å². The lowest BCUT2D eigenvalue weighted by atomic mass is 10.2. The van der Waals surface area contributed by atoms with Gasteiger partial charge in [0.15, 0.2) is 0 Å². The van der Waals surface area contributed by atoms with Crippen LogP contribution < -0.4 is 5.19 Å². The Morgan fingerprint density at radius 2 is 1.50 bits per heavy atom. The summed E-state index contributed by atoms with van der Waals surface area (Å²) in [6, 6.07) is 20.8. The molecule has 0 nitrogen and oxygen atoms in total. The van der Waals surface area contributed by atoms with Crippen LogP contribution in [0.3, 0.4) is 0 Å². The minimum absolute atomic E-state index is 0.450. The molecular weight excluding hydrogens is 208 g/mol. The Bertz CT molecular complexity index is 448. The first-order valence-corrected chi connectivity index (χ1v) is 7.90. The lowest BCUT2D eigenvalue weighted by Gasteiger charge is -2.12. The van der Waals surface area contributed by atoms with Crippen molar-refractivity contribution in [3.63, 3.8) is 0 Å². The summed E-state index contributed by atoms with van der Waals surface area (Å²) in [5.41, 5.74) is 2.90. The van der Waals surface area contributed by atoms with Gasteiger partial charge in [-0.3, -0.25) is 0 Å². The van der Waals surface area contributed by atoms with Crippen LogP contribution in [-0.4, -0.2) is 8.80 Å². The second-order valence-electron chi connectivity index (χ2n) is 4.26. The Hall–Kier alpha value is -1.34. The highest BCUT2D eigenvalue weighted by atomic mass is 28.3. The van der Waals surface area contributed by atoms with Crippen molar-refractivity contribution in [1.29, 1.82) is 0 Å². The van der Waals surface area contributed by atoms with Gasteiger partial charge in [-0.05, 0) is 13.0 Å². The molecule has 0 saturated heterocycles. The molecule has 0 aliphatic carbocycles. The molecule has 0 saturated carbocycles. The predicted octanol–water partition coefficient (Wildman–Crippen LogP) is 3.11. The summed E-state index contributed by atoms with van der Waals surface area (Å²) in [6.07, 6.45) is 0. The number of rotatable bonds is 3. The maximum Gasteiger partial charge on any atom is 0.0872 e. The molecule has 1 heteroatoms. The average Bonchev–Trinajstić information content (AvgIpc) is 2.31. The monoisotopic (exact) mass is 225 g/mol. The van der Waals surface area contributed by atoms with Crippen molar-refractivity contribution in [2.24, 2.45) is 0 Å². The summed E-state index contributed by atoms with van der Waals surface area (Å²) in [6.45, 7) is 4.62. The lowest BCUT2D eigenvalue weighted by molar-refractivity contribution is 1.36. The van der Waals surface area contributed by atoms with Gasteiger partial charge in [0.2, 0.25) is 0 Å². The van der Waals surface area contributed by atoms with Gasteiger partial charge >= 0.3 is 0 Å². The zero-order valence-electron chi connectivity index (χ0n) is 9.90. The third-order valence-electron chi connectivity index (χ3n) is 2.92. The second-order valence-corrected chi connectivity index (χ2v) is 6.71. The number of hydrogen-bond acceptors (Lipinski definition) is 0. The van der Waals surface area contributed by atoms with Gasteiger partial charge in [0.05, 0.1) is 8.80 Å². The van der Waals surface area contributed by atoms with E-state index in [2.05, 4.69) is 68.1 Å². The minimum Gasteiger partial charge on any atom is -0.0666 e. The summed E-state index contributed by atoms with van der Waals surface area (Å²) in [5.74, 6) is 0. The van der Waals surface area contributed by atoms with Crippen LogP contribution in [0.4, 0.5) is 0 Å². The molecule has 0 N–H and O–H groups in total. The molecule has 0 spiro atoms. The molecule has 0 aromatic heterocycles. The van der Waals surface area contributed by atoms with E-state index in [1.807, 2.05) is 0 Å². The maximum absolute atomic E-state index is 2.40. The van der Waals surface area contributed by atoms with Crippen molar-refractivity contribution in [3.8, 4) is 0 Å². The summed E-state index contributed by atoms with van der Waals surface area (Å²) in [7, 11) is -0.450.